The summed E-state index contributed by atoms with van der Waals surface area (Å²) < 4.78 is 4.95. The summed E-state index contributed by atoms with van der Waals surface area (Å²) in [7, 11) is -0.823. The summed E-state index contributed by atoms with van der Waals surface area (Å²) in [4.78, 5) is 0. The smallest absolute Gasteiger partial charge is 0.115 e. The SMILES string of the molecule is CC(c1cccc2ccccc12)N1CCN(Cc2cccc3ccccc23)P1N. The lowest BCUT2D eigenvalue weighted by Gasteiger charge is -2.31. The average molecular weight is 399 g/mol. The van der Waals surface area contributed by atoms with Crippen LogP contribution in [0, 0.1) is 0 Å². The monoisotopic (exact) mass is 399 g/mol. The van der Waals surface area contributed by atoms with Crippen LogP contribution >= 0.6 is 8.37 Å². The molecule has 0 spiro atoms. The van der Waals surface area contributed by atoms with Crippen LogP contribution in [0.4, 0.5) is 0 Å². The first-order valence-corrected chi connectivity index (χ1v) is 11.5. The fraction of sp³-hybridized carbons (Fsp3) is 0.200. The highest BCUT2D eigenvalue weighted by Gasteiger charge is 2.34. The van der Waals surface area contributed by atoms with Gasteiger partial charge in [-0.25, -0.2) is 4.67 Å². The Bertz CT molecular complexity index is 1150. The van der Waals surface area contributed by atoms with Crippen LogP contribution in [0.3, 0.4) is 0 Å². The van der Waals surface area contributed by atoms with Crippen molar-refractivity contribution in [1.82, 2.24) is 9.34 Å². The largest absolute Gasteiger partial charge is 0.285 e. The van der Waals surface area contributed by atoms with Gasteiger partial charge in [-0.2, -0.15) is 0 Å². The normalized spacial score (nSPS) is 19.2. The van der Waals surface area contributed by atoms with E-state index in [2.05, 4.69) is 101 Å². The molecule has 0 aromatic heterocycles. The third-order valence-electron chi connectivity index (χ3n) is 6.09. The summed E-state index contributed by atoms with van der Waals surface area (Å²) >= 11 is 0. The van der Waals surface area contributed by atoms with E-state index in [0.717, 1.165) is 19.6 Å². The average Bonchev–Trinajstić information content (AvgIpc) is 3.13. The van der Waals surface area contributed by atoms with Crippen LogP contribution in [0.2, 0.25) is 0 Å². The molecule has 4 aromatic rings. The van der Waals surface area contributed by atoms with Crippen molar-refractivity contribution in [2.45, 2.75) is 19.5 Å². The molecule has 0 saturated carbocycles. The van der Waals surface area contributed by atoms with Gasteiger partial charge in [-0.1, -0.05) is 84.9 Å². The second kappa shape index (κ2) is 7.85. The van der Waals surface area contributed by atoms with E-state index in [9.17, 15) is 0 Å². The van der Waals surface area contributed by atoms with Gasteiger partial charge in [0.15, 0.2) is 0 Å². The molecular formula is C25H26N3P. The highest BCUT2D eigenvalue weighted by Crippen LogP contribution is 2.48. The number of benzene rings is 4. The lowest BCUT2D eigenvalue weighted by molar-refractivity contribution is 0.395. The van der Waals surface area contributed by atoms with Crippen LogP contribution in [0.25, 0.3) is 21.5 Å². The Morgan fingerprint density at radius 1 is 0.793 bits per heavy atom. The second-order valence-electron chi connectivity index (χ2n) is 7.75. The zero-order chi connectivity index (χ0) is 19.8. The topological polar surface area (TPSA) is 32.5 Å². The molecule has 0 radical (unpaired) electrons. The van der Waals surface area contributed by atoms with Crippen molar-refractivity contribution in [2.75, 3.05) is 13.1 Å². The van der Waals surface area contributed by atoms with Crippen molar-refractivity contribution in [1.29, 1.82) is 0 Å². The van der Waals surface area contributed by atoms with Crippen molar-refractivity contribution in [3.8, 4) is 0 Å². The Morgan fingerprint density at radius 2 is 1.41 bits per heavy atom. The quantitative estimate of drug-likeness (QED) is 0.424. The van der Waals surface area contributed by atoms with E-state index in [0.29, 0.717) is 6.04 Å². The van der Waals surface area contributed by atoms with E-state index in [-0.39, 0.29) is 0 Å². The number of nitrogens with zero attached hydrogens (tertiary/aromatic N) is 2. The van der Waals surface area contributed by atoms with Gasteiger partial charge in [0.1, 0.15) is 8.37 Å². The number of hydrogen-bond acceptors (Lipinski definition) is 3. The van der Waals surface area contributed by atoms with Crippen LogP contribution in [-0.4, -0.2) is 22.4 Å². The van der Waals surface area contributed by atoms with Crippen molar-refractivity contribution in [3.05, 3.63) is 96.1 Å². The number of hydrogen-bond donors (Lipinski definition) is 1. The van der Waals surface area contributed by atoms with E-state index in [1.165, 1.54) is 32.7 Å². The number of rotatable bonds is 4. The summed E-state index contributed by atoms with van der Waals surface area (Å²) in [6.45, 7) is 5.23. The summed E-state index contributed by atoms with van der Waals surface area (Å²) in [5.41, 5.74) is 9.54. The summed E-state index contributed by atoms with van der Waals surface area (Å²) in [5.74, 6) is 0. The molecule has 1 aliphatic rings. The molecule has 0 bridgehead atoms. The third-order valence-corrected chi connectivity index (χ3v) is 8.09. The van der Waals surface area contributed by atoms with E-state index in [4.69, 9.17) is 5.50 Å². The Kier molecular flexibility index (Phi) is 5.07. The minimum absolute atomic E-state index is 0.301. The van der Waals surface area contributed by atoms with Crippen LogP contribution < -0.4 is 5.50 Å². The summed E-state index contributed by atoms with van der Waals surface area (Å²) in [5, 5.41) is 5.26. The molecular weight excluding hydrogens is 373 g/mol. The molecule has 1 heterocycles. The lowest BCUT2D eigenvalue weighted by Crippen LogP contribution is -2.23. The molecule has 4 aromatic carbocycles. The van der Waals surface area contributed by atoms with Gasteiger partial charge < -0.3 is 0 Å². The zero-order valence-electron chi connectivity index (χ0n) is 16.7. The number of nitrogens with two attached hydrogens (primary N) is 1. The maximum atomic E-state index is 6.81. The maximum absolute atomic E-state index is 6.81. The van der Waals surface area contributed by atoms with Crippen molar-refractivity contribution >= 4 is 29.9 Å². The first kappa shape index (κ1) is 18.7. The Hall–Kier alpha value is -2.29. The predicted molar refractivity (Wildman–Crippen MR) is 125 cm³/mol. The minimum atomic E-state index is -0.823. The molecule has 2 atom stereocenters. The molecule has 2 unspecified atom stereocenters. The fourth-order valence-corrected chi connectivity index (χ4v) is 6.20. The van der Waals surface area contributed by atoms with Gasteiger partial charge >= 0.3 is 0 Å². The highest BCUT2D eigenvalue weighted by atomic mass is 31.1. The maximum Gasteiger partial charge on any atom is 0.115 e. The second-order valence-corrected chi connectivity index (χ2v) is 9.47. The molecule has 29 heavy (non-hydrogen) atoms. The standard InChI is InChI=1S/C25H26N3P/c1-19(23-15-7-11-21-9-3-5-14-25(21)23)28-17-16-27(29(28)26)18-22-12-6-10-20-8-2-4-13-24(20)22/h2-15,19H,16-18,26H2,1H3. The molecule has 4 heteroatoms. The molecule has 2 N–H and O–H groups in total. The van der Waals surface area contributed by atoms with Gasteiger partial charge in [0.2, 0.25) is 0 Å². The fourth-order valence-electron chi connectivity index (χ4n) is 4.51. The molecule has 1 fully saturated rings. The van der Waals surface area contributed by atoms with Gasteiger partial charge in [0.05, 0.1) is 0 Å². The Balaban J connectivity index is 1.40. The van der Waals surface area contributed by atoms with Gasteiger partial charge in [-0.3, -0.25) is 10.2 Å². The molecule has 5 rings (SSSR count). The zero-order valence-corrected chi connectivity index (χ0v) is 17.6. The molecule has 1 aliphatic heterocycles. The van der Waals surface area contributed by atoms with Crippen LogP contribution in [0.15, 0.2) is 84.9 Å². The van der Waals surface area contributed by atoms with Crippen LogP contribution in [-0.2, 0) is 6.54 Å². The third kappa shape index (κ3) is 3.45. The van der Waals surface area contributed by atoms with Gasteiger partial charge in [0, 0.05) is 25.7 Å². The van der Waals surface area contributed by atoms with Gasteiger partial charge in [-0.15, -0.1) is 0 Å². The Morgan fingerprint density at radius 3 is 2.21 bits per heavy atom. The van der Waals surface area contributed by atoms with E-state index < -0.39 is 8.37 Å². The van der Waals surface area contributed by atoms with E-state index >= 15 is 0 Å². The molecule has 0 amide bonds. The molecule has 146 valence electrons. The van der Waals surface area contributed by atoms with Gasteiger partial charge in [-0.05, 0) is 39.6 Å². The first-order valence-electron chi connectivity index (χ1n) is 10.2. The summed E-state index contributed by atoms with van der Waals surface area (Å²) in [6, 6.07) is 30.8. The van der Waals surface area contributed by atoms with E-state index in [1.54, 1.807) is 0 Å². The van der Waals surface area contributed by atoms with Crippen molar-refractivity contribution in [3.63, 3.8) is 0 Å². The predicted octanol–water partition coefficient (Wildman–Crippen LogP) is 6.06. The molecule has 0 aliphatic carbocycles. The van der Waals surface area contributed by atoms with Crippen molar-refractivity contribution in [2.24, 2.45) is 5.50 Å². The molecule has 3 nitrogen and oxygen atoms in total. The Labute approximate surface area is 173 Å². The summed E-state index contributed by atoms with van der Waals surface area (Å²) in [6.07, 6.45) is 0. The molecule has 1 saturated heterocycles. The van der Waals surface area contributed by atoms with Gasteiger partial charge in [0.25, 0.3) is 0 Å². The van der Waals surface area contributed by atoms with Crippen molar-refractivity contribution < 1.29 is 0 Å². The first-order chi connectivity index (χ1) is 14.2. The number of fused-ring (bicyclic) bond motifs is 2. The lowest BCUT2D eigenvalue weighted by atomic mass is 10.00. The minimum Gasteiger partial charge on any atom is -0.285 e. The highest BCUT2D eigenvalue weighted by molar-refractivity contribution is 7.50. The van der Waals surface area contributed by atoms with Crippen LogP contribution in [0.1, 0.15) is 24.1 Å². The van der Waals surface area contributed by atoms with E-state index in [1.807, 2.05) is 0 Å². The van der Waals surface area contributed by atoms with Crippen LogP contribution in [0.5, 0.6) is 0 Å².